The van der Waals surface area contributed by atoms with E-state index in [0.717, 1.165) is 31.9 Å². The lowest BCUT2D eigenvalue weighted by Gasteiger charge is -2.14. The van der Waals surface area contributed by atoms with E-state index in [4.69, 9.17) is 14.2 Å². The summed E-state index contributed by atoms with van der Waals surface area (Å²) in [6, 6.07) is 0. The number of carbonyl (C=O) groups is 3. The Hall–Kier alpha value is -3.96. The van der Waals surface area contributed by atoms with Crippen molar-refractivity contribution in [3.8, 4) is 0 Å². The molecule has 12 heteroatoms. The van der Waals surface area contributed by atoms with Gasteiger partial charge in [0, 0.05) is 37.9 Å². The van der Waals surface area contributed by atoms with Crippen LogP contribution in [0.1, 0.15) is 57.8 Å². The molecule has 0 spiro atoms. The molecule has 216 valence electrons. The highest BCUT2D eigenvalue weighted by molar-refractivity contribution is 5.81. The van der Waals surface area contributed by atoms with Gasteiger partial charge in [-0.15, -0.1) is 0 Å². The Bertz CT molecular complexity index is 987. The van der Waals surface area contributed by atoms with E-state index in [0.29, 0.717) is 57.8 Å². The molecule has 0 aromatic carbocycles. The maximum absolute atomic E-state index is 13.1. The van der Waals surface area contributed by atoms with E-state index in [1.165, 1.54) is 0 Å². The first-order valence-electron chi connectivity index (χ1n) is 13.1. The van der Waals surface area contributed by atoms with Gasteiger partial charge in [-0.25, -0.2) is 42.5 Å². The molecule has 1 aromatic heterocycles. The monoisotopic (exact) mass is 549 g/mol. The highest BCUT2D eigenvalue weighted by Gasteiger charge is 2.15. The summed E-state index contributed by atoms with van der Waals surface area (Å²) >= 11 is 0. The van der Waals surface area contributed by atoms with Gasteiger partial charge in [0.15, 0.2) is 0 Å². The predicted octanol–water partition coefficient (Wildman–Crippen LogP) is 1.87. The van der Waals surface area contributed by atoms with Crippen molar-refractivity contribution in [2.45, 2.75) is 77.4 Å². The zero-order valence-electron chi connectivity index (χ0n) is 22.5. The van der Waals surface area contributed by atoms with Crippen LogP contribution in [0.3, 0.4) is 0 Å². The first-order chi connectivity index (χ1) is 18.8. The van der Waals surface area contributed by atoms with Crippen molar-refractivity contribution in [1.29, 1.82) is 0 Å². The zero-order valence-corrected chi connectivity index (χ0v) is 22.5. The zero-order chi connectivity index (χ0) is 29.0. The molecule has 1 heterocycles. The molecule has 0 radical (unpaired) electrons. The molecule has 0 aliphatic heterocycles. The van der Waals surface area contributed by atoms with Crippen LogP contribution in [0, 0.1) is 0 Å². The molecule has 0 saturated carbocycles. The minimum absolute atomic E-state index is 0.113. The summed E-state index contributed by atoms with van der Waals surface area (Å²) in [5, 5.41) is 0. The van der Waals surface area contributed by atoms with Gasteiger partial charge < -0.3 is 14.2 Å². The molecule has 0 aliphatic rings. The van der Waals surface area contributed by atoms with Crippen molar-refractivity contribution in [3.05, 3.63) is 69.4 Å². The van der Waals surface area contributed by atoms with E-state index in [2.05, 4.69) is 19.7 Å². The van der Waals surface area contributed by atoms with Crippen LogP contribution in [-0.4, -0.2) is 51.4 Å². The summed E-state index contributed by atoms with van der Waals surface area (Å²) in [4.78, 5) is 72.6. The minimum atomic E-state index is -0.672. The number of aromatic nitrogens is 3. The van der Waals surface area contributed by atoms with Crippen molar-refractivity contribution in [2.24, 2.45) is 0 Å². The number of hydrogen-bond acceptors (Lipinski definition) is 9. The number of hydrogen-bond donors (Lipinski definition) is 0. The normalized spacial score (nSPS) is 10.5. The Kier molecular flexibility index (Phi) is 16.2. The lowest BCUT2D eigenvalue weighted by atomic mass is 10.2. The van der Waals surface area contributed by atoms with Gasteiger partial charge in [-0.3, -0.25) is 0 Å². The van der Waals surface area contributed by atoms with Gasteiger partial charge in [-0.1, -0.05) is 19.7 Å². The van der Waals surface area contributed by atoms with Crippen LogP contribution in [0.4, 0.5) is 0 Å². The van der Waals surface area contributed by atoms with Crippen LogP contribution in [0.15, 0.2) is 52.3 Å². The Morgan fingerprint density at radius 1 is 0.487 bits per heavy atom. The molecule has 39 heavy (non-hydrogen) atoms. The lowest BCUT2D eigenvalue weighted by Crippen LogP contribution is -2.54. The standard InChI is InChI=1S/C27H39N3O9/c1-4-22(31)37-19-13-7-10-16-28-25(34)29(17-11-8-14-20-38-23(32)5-2)27(36)30(26(28)35)18-12-9-15-21-39-24(33)6-3/h4-6H,1-3,7-21H2. The SMILES string of the molecule is C=CC(=O)OCCCCCn1c(=O)n(CCCCCOC(=O)C=C)c(=O)n(CCCCCOC(=O)C=C)c1=O. The van der Waals surface area contributed by atoms with Gasteiger partial charge in [-0.2, -0.15) is 0 Å². The van der Waals surface area contributed by atoms with Gasteiger partial charge in [-0.05, 0) is 57.8 Å². The second-order valence-electron chi connectivity index (χ2n) is 8.60. The Morgan fingerprint density at radius 2 is 0.744 bits per heavy atom. The van der Waals surface area contributed by atoms with Crippen LogP contribution < -0.4 is 17.1 Å². The first kappa shape index (κ1) is 33.1. The highest BCUT2D eigenvalue weighted by Crippen LogP contribution is 2.01. The lowest BCUT2D eigenvalue weighted by molar-refractivity contribution is -0.138. The first-order valence-corrected chi connectivity index (χ1v) is 13.1. The molecule has 0 bridgehead atoms. The number of ether oxygens (including phenoxy) is 3. The number of esters is 3. The quantitative estimate of drug-likeness (QED) is 0.0971. The molecule has 0 atom stereocenters. The minimum Gasteiger partial charge on any atom is -0.463 e. The molecule has 1 rings (SSSR count). The molecule has 0 N–H and O–H groups in total. The second-order valence-corrected chi connectivity index (χ2v) is 8.60. The third kappa shape index (κ3) is 12.4. The summed E-state index contributed by atoms with van der Waals surface area (Å²) in [5.74, 6) is -1.54. The van der Waals surface area contributed by atoms with E-state index in [1.807, 2.05) is 0 Å². The summed E-state index contributed by atoms with van der Waals surface area (Å²) in [5.41, 5.74) is -2.02. The summed E-state index contributed by atoms with van der Waals surface area (Å²) in [6.07, 6.45) is 8.10. The molecule has 0 fully saturated rings. The van der Waals surface area contributed by atoms with Gasteiger partial charge in [0.25, 0.3) is 0 Å². The molecular weight excluding hydrogens is 510 g/mol. The van der Waals surface area contributed by atoms with E-state index >= 15 is 0 Å². The topological polar surface area (TPSA) is 145 Å². The average molecular weight is 550 g/mol. The fourth-order valence-corrected chi connectivity index (χ4v) is 3.60. The number of unbranched alkanes of at least 4 members (excludes halogenated alkanes) is 6. The highest BCUT2D eigenvalue weighted by atomic mass is 16.5. The number of nitrogens with zero attached hydrogens (tertiary/aromatic N) is 3. The molecule has 0 amide bonds. The van der Waals surface area contributed by atoms with Crippen molar-refractivity contribution < 1.29 is 28.6 Å². The van der Waals surface area contributed by atoms with E-state index in [9.17, 15) is 28.8 Å². The molecule has 0 unspecified atom stereocenters. The van der Waals surface area contributed by atoms with E-state index in [1.54, 1.807) is 0 Å². The Balaban J connectivity index is 2.88. The van der Waals surface area contributed by atoms with Crippen LogP contribution >= 0.6 is 0 Å². The molecule has 0 aliphatic carbocycles. The van der Waals surface area contributed by atoms with Crippen molar-refractivity contribution in [2.75, 3.05) is 19.8 Å². The Labute approximate surface area is 227 Å². The summed E-state index contributed by atoms with van der Waals surface area (Å²) in [6.45, 7) is 10.9. The number of carbonyl (C=O) groups excluding carboxylic acids is 3. The van der Waals surface area contributed by atoms with Crippen LogP contribution in [-0.2, 0) is 48.2 Å². The molecule has 12 nitrogen and oxygen atoms in total. The van der Waals surface area contributed by atoms with E-state index in [-0.39, 0.29) is 39.5 Å². The van der Waals surface area contributed by atoms with Gasteiger partial charge in [0.2, 0.25) is 0 Å². The number of rotatable bonds is 21. The third-order valence-electron chi connectivity index (χ3n) is 5.70. The summed E-state index contributed by atoms with van der Waals surface area (Å²) in [7, 11) is 0. The maximum Gasteiger partial charge on any atom is 0.336 e. The average Bonchev–Trinajstić information content (AvgIpc) is 2.93. The largest absolute Gasteiger partial charge is 0.463 e. The Morgan fingerprint density at radius 3 is 0.974 bits per heavy atom. The van der Waals surface area contributed by atoms with Crippen molar-refractivity contribution >= 4 is 17.9 Å². The molecule has 1 aromatic rings. The van der Waals surface area contributed by atoms with E-state index < -0.39 is 35.0 Å². The maximum atomic E-state index is 13.1. The van der Waals surface area contributed by atoms with Gasteiger partial charge in [0.05, 0.1) is 19.8 Å². The van der Waals surface area contributed by atoms with Crippen LogP contribution in [0.5, 0.6) is 0 Å². The van der Waals surface area contributed by atoms with Crippen molar-refractivity contribution in [3.63, 3.8) is 0 Å². The second kappa shape index (κ2) is 19.2. The van der Waals surface area contributed by atoms with Crippen LogP contribution in [0.2, 0.25) is 0 Å². The van der Waals surface area contributed by atoms with Crippen LogP contribution in [0.25, 0.3) is 0 Å². The fraction of sp³-hybridized carbons (Fsp3) is 0.556. The molecular formula is C27H39N3O9. The smallest absolute Gasteiger partial charge is 0.336 e. The third-order valence-corrected chi connectivity index (χ3v) is 5.70. The van der Waals surface area contributed by atoms with Crippen molar-refractivity contribution in [1.82, 2.24) is 13.7 Å². The van der Waals surface area contributed by atoms with Gasteiger partial charge in [0.1, 0.15) is 0 Å². The predicted molar refractivity (Wildman–Crippen MR) is 144 cm³/mol. The molecule has 0 saturated heterocycles. The summed E-state index contributed by atoms with van der Waals surface area (Å²) < 4.78 is 18.0. The fourth-order valence-electron chi connectivity index (χ4n) is 3.60. The van der Waals surface area contributed by atoms with Gasteiger partial charge >= 0.3 is 35.0 Å².